The third-order valence-corrected chi connectivity index (χ3v) is 6.01. The number of nitrogens with zero attached hydrogens (tertiary/aromatic N) is 2. The molecule has 0 saturated carbocycles. The van der Waals surface area contributed by atoms with Crippen molar-refractivity contribution in [1.82, 2.24) is 9.55 Å². The molecular formula is C17H13ClF2N2O3S2. The van der Waals surface area contributed by atoms with E-state index in [1.54, 1.807) is 12.1 Å². The van der Waals surface area contributed by atoms with E-state index in [0.717, 1.165) is 34.7 Å². The van der Waals surface area contributed by atoms with Crippen molar-refractivity contribution < 1.29 is 17.2 Å². The number of thioether (sulfide) groups is 1. The van der Waals surface area contributed by atoms with Gasteiger partial charge < -0.3 is 0 Å². The van der Waals surface area contributed by atoms with Gasteiger partial charge in [-0.3, -0.25) is 9.36 Å². The number of fused-ring (bicyclic) bond motifs is 1. The molecule has 142 valence electrons. The van der Waals surface area contributed by atoms with E-state index >= 15 is 0 Å². The van der Waals surface area contributed by atoms with Crippen LogP contribution in [0.2, 0.25) is 5.02 Å². The van der Waals surface area contributed by atoms with Crippen LogP contribution >= 0.6 is 23.4 Å². The molecule has 0 aliphatic rings. The van der Waals surface area contributed by atoms with E-state index in [0.29, 0.717) is 16.6 Å². The second-order valence-electron chi connectivity index (χ2n) is 5.77. The molecular weight excluding hydrogens is 418 g/mol. The maximum Gasteiger partial charge on any atom is 0.266 e. The first-order valence-corrected chi connectivity index (χ1v) is 11.1. The Balaban J connectivity index is 2.22. The number of aromatic nitrogens is 2. The summed E-state index contributed by atoms with van der Waals surface area (Å²) in [6, 6.07) is 7.34. The molecule has 2 aromatic carbocycles. The van der Waals surface area contributed by atoms with Gasteiger partial charge >= 0.3 is 0 Å². The highest BCUT2D eigenvalue weighted by molar-refractivity contribution is 8.00. The van der Waals surface area contributed by atoms with E-state index in [9.17, 15) is 22.0 Å². The summed E-state index contributed by atoms with van der Waals surface area (Å²) in [5.41, 5.74) is -0.433. The average molecular weight is 431 g/mol. The summed E-state index contributed by atoms with van der Waals surface area (Å²) in [4.78, 5) is 17.3. The molecule has 0 radical (unpaired) electrons. The SMILES string of the molecule is CS(=O)(=O)CCSc1nc2ccc(Cl)cc2c(=O)n1-c1ccc(F)cc1F. The summed E-state index contributed by atoms with van der Waals surface area (Å²) in [6.07, 6.45) is 1.09. The van der Waals surface area contributed by atoms with Gasteiger partial charge in [0.2, 0.25) is 0 Å². The summed E-state index contributed by atoms with van der Waals surface area (Å²) in [5.74, 6) is -1.75. The van der Waals surface area contributed by atoms with E-state index in [1.807, 2.05) is 0 Å². The van der Waals surface area contributed by atoms with Crippen molar-refractivity contribution >= 4 is 44.1 Å². The molecule has 1 aromatic heterocycles. The number of benzene rings is 2. The number of hydrogen-bond acceptors (Lipinski definition) is 5. The molecule has 0 N–H and O–H groups in total. The van der Waals surface area contributed by atoms with Crippen LogP contribution in [0.4, 0.5) is 8.78 Å². The maximum absolute atomic E-state index is 14.3. The lowest BCUT2D eigenvalue weighted by atomic mass is 10.2. The van der Waals surface area contributed by atoms with Crippen molar-refractivity contribution in [2.24, 2.45) is 0 Å². The van der Waals surface area contributed by atoms with Gasteiger partial charge in [-0.2, -0.15) is 0 Å². The van der Waals surface area contributed by atoms with Gasteiger partial charge in [-0.1, -0.05) is 23.4 Å². The lowest BCUT2D eigenvalue weighted by Gasteiger charge is -2.14. The van der Waals surface area contributed by atoms with Gasteiger partial charge in [0.1, 0.15) is 21.5 Å². The van der Waals surface area contributed by atoms with Gasteiger partial charge in [0.15, 0.2) is 5.16 Å². The van der Waals surface area contributed by atoms with Crippen molar-refractivity contribution in [2.45, 2.75) is 5.16 Å². The fourth-order valence-electron chi connectivity index (χ4n) is 2.39. The molecule has 0 unspecified atom stereocenters. The van der Waals surface area contributed by atoms with Crippen LogP contribution in [-0.2, 0) is 9.84 Å². The summed E-state index contributed by atoms with van der Waals surface area (Å²) in [7, 11) is -3.22. The van der Waals surface area contributed by atoms with Crippen LogP contribution in [0.5, 0.6) is 0 Å². The van der Waals surface area contributed by atoms with E-state index in [4.69, 9.17) is 11.6 Å². The predicted molar refractivity (Wildman–Crippen MR) is 103 cm³/mol. The zero-order valence-corrected chi connectivity index (χ0v) is 16.3. The molecule has 0 aliphatic heterocycles. The number of halogens is 3. The summed E-state index contributed by atoms with van der Waals surface area (Å²) < 4.78 is 51.3. The fraction of sp³-hybridized carbons (Fsp3) is 0.176. The van der Waals surface area contributed by atoms with Crippen molar-refractivity contribution in [3.63, 3.8) is 0 Å². The first-order chi connectivity index (χ1) is 12.7. The molecule has 0 atom stereocenters. The second kappa shape index (κ2) is 7.57. The topological polar surface area (TPSA) is 69.0 Å². The number of rotatable bonds is 5. The monoisotopic (exact) mass is 430 g/mol. The molecule has 0 bridgehead atoms. The fourth-order valence-corrected chi connectivity index (χ4v) is 4.77. The highest BCUT2D eigenvalue weighted by Crippen LogP contribution is 2.24. The molecule has 3 aromatic rings. The molecule has 0 amide bonds. The molecule has 5 nitrogen and oxygen atoms in total. The molecule has 10 heteroatoms. The highest BCUT2D eigenvalue weighted by atomic mass is 35.5. The van der Waals surface area contributed by atoms with Gasteiger partial charge in [0.25, 0.3) is 5.56 Å². The molecule has 27 heavy (non-hydrogen) atoms. The van der Waals surface area contributed by atoms with Crippen LogP contribution in [0, 0.1) is 11.6 Å². The minimum absolute atomic E-state index is 0.101. The standard InChI is InChI=1S/C17H13ClF2N2O3S2/c1-27(24,25)7-6-26-17-21-14-4-2-10(18)8-12(14)16(23)22(17)15-5-3-11(19)9-13(15)20/h2-5,8-9H,6-7H2,1H3. The molecule has 0 aliphatic carbocycles. The quantitative estimate of drug-likeness (QED) is 0.458. The van der Waals surface area contributed by atoms with Crippen LogP contribution in [-0.4, -0.2) is 35.7 Å². The van der Waals surface area contributed by atoms with E-state index in [1.165, 1.54) is 6.07 Å². The Morgan fingerprint density at radius 3 is 2.59 bits per heavy atom. The normalized spacial score (nSPS) is 11.9. The Kier molecular flexibility index (Phi) is 5.55. The lowest BCUT2D eigenvalue weighted by molar-refractivity contribution is 0.572. The molecule has 3 rings (SSSR count). The van der Waals surface area contributed by atoms with Crippen LogP contribution < -0.4 is 5.56 Å². The van der Waals surface area contributed by atoms with Gasteiger partial charge in [-0.15, -0.1) is 0 Å². The summed E-state index contributed by atoms with van der Waals surface area (Å²) in [5, 5.41) is 0.577. The molecule has 1 heterocycles. The van der Waals surface area contributed by atoms with Gasteiger partial charge in [0.05, 0.1) is 22.3 Å². The first-order valence-electron chi connectivity index (χ1n) is 7.64. The Morgan fingerprint density at radius 1 is 1.19 bits per heavy atom. The van der Waals surface area contributed by atoms with Gasteiger partial charge in [0, 0.05) is 23.1 Å². The van der Waals surface area contributed by atoms with E-state index in [2.05, 4.69) is 4.98 Å². The van der Waals surface area contributed by atoms with Crippen LogP contribution in [0.3, 0.4) is 0 Å². The minimum Gasteiger partial charge on any atom is -0.268 e. The third kappa shape index (κ3) is 4.48. The maximum atomic E-state index is 14.3. The lowest BCUT2D eigenvalue weighted by Crippen LogP contribution is -2.23. The van der Waals surface area contributed by atoms with Crippen LogP contribution in [0.25, 0.3) is 16.6 Å². The summed E-state index contributed by atoms with van der Waals surface area (Å²) >= 11 is 6.94. The predicted octanol–water partition coefficient (Wildman–Crippen LogP) is 3.45. The Hall–Kier alpha value is -1.97. The molecule has 0 fully saturated rings. The Bertz CT molecular complexity index is 1200. The van der Waals surface area contributed by atoms with Crippen molar-refractivity contribution in [3.05, 3.63) is 63.4 Å². The van der Waals surface area contributed by atoms with Crippen LogP contribution in [0.1, 0.15) is 0 Å². The first kappa shape index (κ1) is 19.8. The second-order valence-corrected chi connectivity index (χ2v) is 9.53. The minimum atomic E-state index is -3.22. The highest BCUT2D eigenvalue weighted by Gasteiger charge is 2.17. The molecule has 0 saturated heterocycles. The van der Waals surface area contributed by atoms with E-state index in [-0.39, 0.29) is 27.7 Å². The van der Waals surface area contributed by atoms with Crippen molar-refractivity contribution in [1.29, 1.82) is 0 Å². The average Bonchev–Trinajstić information content (AvgIpc) is 2.56. The van der Waals surface area contributed by atoms with Crippen LogP contribution in [0.15, 0.2) is 46.3 Å². The van der Waals surface area contributed by atoms with Gasteiger partial charge in [-0.25, -0.2) is 22.2 Å². The zero-order chi connectivity index (χ0) is 19.8. The zero-order valence-electron chi connectivity index (χ0n) is 13.9. The summed E-state index contributed by atoms with van der Waals surface area (Å²) in [6.45, 7) is 0. The Morgan fingerprint density at radius 2 is 1.93 bits per heavy atom. The van der Waals surface area contributed by atoms with E-state index < -0.39 is 27.0 Å². The van der Waals surface area contributed by atoms with Gasteiger partial charge in [-0.05, 0) is 30.3 Å². The third-order valence-electron chi connectivity index (χ3n) is 3.64. The smallest absolute Gasteiger partial charge is 0.266 e. The number of sulfone groups is 1. The molecule has 0 spiro atoms. The largest absolute Gasteiger partial charge is 0.268 e. The van der Waals surface area contributed by atoms with Crippen molar-refractivity contribution in [3.8, 4) is 5.69 Å². The van der Waals surface area contributed by atoms with Crippen molar-refractivity contribution in [2.75, 3.05) is 17.8 Å². The number of hydrogen-bond donors (Lipinski definition) is 0. The Labute approximate surface area is 162 Å².